The Morgan fingerprint density at radius 2 is 1.96 bits per heavy atom. The maximum absolute atomic E-state index is 12.8. The summed E-state index contributed by atoms with van der Waals surface area (Å²) >= 11 is 0. The molecule has 0 spiro atoms. The maximum atomic E-state index is 12.8. The van der Waals surface area contributed by atoms with Crippen molar-refractivity contribution >= 4 is 5.91 Å². The molecule has 5 nitrogen and oxygen atoms in total. The molecular formula is C21H28N4O. The van der Waals surface area contributed by atoms with Crippen LogP contribution in [0.25, 0.3) is 0 Å². The van der Waals surface area contributed by atoms with Gasteiger partial charge in [-0.1, -0.05) is 31.2 Å². The largest absolute Gasteiger partial charge is 0.335 e. The Hall–Kier alpha value is -2.14. The molecule has 1 fully saturated rings. The van der Waals surface area contributed by atoms with Gasteiger partial charge in [0.1, 0.15) is 11.5 Å². The number of carbonyl (C=O) groups excluding carboxylic acids is 1. The summed E-state index contributed by atoms with van der Waals surface area (Å²) in [4.78, 5) is 21.9. The van der Waals surface area contributed by atoms with Gasteiger partial charge in [-0.15, -0.1) is 0 Å². The molecule has 0 N–H and O–H groups in total. The molecular weight excluding hydrogens is 324 g/mol. The number of fused-ring (bicyclic) bond motifs is 1. The van der Waals surface area contributed by atoms with Gasteiger partial charge in [-0.3, -0.25) is 4.79 Å². The number of likely N-dealkylation sites (N-methyl/N-ethyl adjacent to an activating group) is 1. The molecule has 1 aromatic heterocycles. The lowest BCUT2D eigenvalue weighted by Gasteiger charge is -2.33. The van der Waals surface area contributed by atoms with Gasteiger partial charge in [0.25, 0.3) is 5.91 Å². The lowest BCUT2D eigenvalue weighted by molar-refractivity contribution is 0.0638. The van der Waals surface area contributed by atoms with E-state index in [1.54, 1.807) is 0 Å². The number of benzene rings is 1. The van der Waals surface area contributed by atoms with E-state index in [-0.39, 0.29) is 5.91 Å². The first kappa shape index (κ1) is 17.3. The van der Waals surface area contributed by atoms with Gasteiger partial charge in [0.05, 0.1) is 0 Å². The van der Waals surface area contributed by atoms with Crippen LogP contribution in [0.3, 0.4) is 0 Å². The first-order valence-corrected chi connectivity index (χ1v) is 9.79. The van der Waals surface area contributed by atoms with Crippen molar-refractivity contribution in [1.29, 1.82) is 0 Å². The van der Waals surface area contributed by atoms with E-state index in [1.807, 2.05) is 11.1 Å². The average Bonchev–Trinajstić information content (AvgIpc) is 3.11. The topological polar surface area (TPSA) is 41.4 Å². The van der Waals surface area contributed by atoms with Crippen LogP contribution in [0.1, 0.15) is 46.7 Å². The third-order valence-corrected chi connectivity index (χ3v) is 5.95. The number of aromatic nitrogens is 2. The predicted octanol–water partition coefficient (Wildman–Crippen LogP) is 2.70. The van der Waals surface area contributed by atoms with Crippen molar-refractivity contribution in [3.8, 4) is 0 Å². The van der Waals surface area contributed by atoms with Crippen molar-refractivity contribution in [1.82, 2.24) is 19.4 Å². The molecule has 3 heterocycles. The molecule has 138 valence electrons. The average molecular weight is 352 g/mol. The minimum absolute atomic E-state index is 0.0927. The predicted molar refractivity (Wildman–Crippen MR) is 102 cm³/mol. The Morgan fingerprint density at radius 1 is 1.19 bits per heavy atom. The van der Waals surface area contributed by atoms with Crippen molar-refractivity contribution in [2.75, 3.05) is 32.7 Å². The molecule has 1 amide bonds. The summed E-state index contributed by atoms with van der Waals surface area (Å²) < 4.78 is 2.20. The van der Waals surface area contributed by atoms with E-state index in [1.165, 1.54) is 11.1 Å². The summed E-state index contributed by atoms with van der Waals surface area (Å²) in [5.74, 6) is 1.66. The van der Waals surface area contributed by atoms with Gasteiger partial charge in [0.2, 0.25) is 0 Å². The van der Waals surface area contributed by atoms with Gasteiger partial charge in [-0.25, -0.2) is 4.98 Å². The Kier molecular flexibility index (Phi) is 4.81. The first-order valence-electron chi connectivity index (χ1n) is 9.79. The number of rotatable bonds is 3. The molecule has 1 atom stereocenters. The van der Waals surface area contributed by atoms with Gasteiger partial charge >= 0.3 is 0 Å². The first-order chi connectivity index (χ1) is 12.7. The van der Waals surface area contributed by atoms with Crippen LogP contribution in [0.4, 0.5) is 0 Å². The zero-order chi connectivity index (χ0) is 18.1. The number of hydrogen-bond acceptors (Lipinski definition) is 3. The number of carbonyl (C=O) groups is 1. The number of amides is 1. The summed E-state index contributed by atoms with van der Waals surface area (Å²) in [5.41, 5.74) is 3.40. The van der Waals surface area contributed by atoms with Crippen molar-refractivity contribution in [2.24, 2.45) is 0 Å². The smallest absolute Gasteiger partial charge is 0.274 e. The van der Waals surface area contributed by atoms with Crippen molar-refractivity contribution in [2.45, 2.75) is 39.2 Å². The highest BCUT2D eigenvalue weighted by molar-refractivity contribution is 5.92. The van der Waals surface area contributed by atoms with Crippen molar-refractivity contribution < 1.29 is 4.79 Å². The van der Waals surface area contributed by atoms with Crippen molar-refractivity contribution in [3.63, 3.8) is 0 Å². The van der Waals surface area contributed by atoms with E-state index >= 15 is 0 Å². The molecule has 1 aromatic carbocycles. The van der Waals surface area contributed by atoms with Crippen molar-refractivity contribution in [3.05, 3.63) is 53.1 Å². The second kappa shape index (κ2) is 7.23. The molecule has 2 aliphatic rings. The summed E-state index contributed by atoms with van der Waals surface area (Å²) in [6.07, 6.45) is 4.02. The fourth-order valence-electron chi connectivity index (χ4n) is 4.27. The summed E-state index contributed by atoms with van der Waals surface area (Å²) in [5, 5.41) is 0. The van der Waals surface area contributed by atoms with Crippen LogP contribution in [0, 0.1) is 6.92 Å². The second-order valence-electron chi connectivity index (χ2n) is 7.51. The van der Waals surface area contributed by atoms with Crippen LogP contribution in [0.5, 0.6) is 0 Å². The number of hydrogen-bond donors (Lipinski definition) is 0. The zero-order valence-corrected chi connectivity index (χ0v) is 15.8. The molecule has 26 heavy (non-hydrogen) atoms. The van der Waals surface area contributed by atoms with Gasteiger partial charge in [0.15, 0.2) is 0 Å². The number of nitrogens with zero attached hydrogens (tertiary/aromatic N) is 4. The summed E-state index contributed by atoms with van der Waals surface area (Å²) in [6, 6.07) is 8.64. The van der Waals surface area contributed by atoms with E-state index in [2.05, 4.69) is 52.6 Å². The Morgan fingerprint density at radius 3 is 2.69 bits per heavy atom. The van der Waals surface area contributed by atoms with E-state index in [0.29, 0.717) is 11.6 Å². The lowest BCUT2D eigenvalue weighted by Crippen LogP contribution is -2.48. The normalized spacial score (nSPS) is 20.8. The van der Waals surface area contributed by atoms with Crippen LogP contribution in [0.15, 0.2) is 30.5 Å². The molecule has 5 heteroatoms. The highest BCUT2D eigenvalue weighted by atomic mass is 16.2. The molecule has 0 radical (unpaired) electrons. The highest BCUT2D eigenvalue weighted by Crippen LogP contribution is 2.30. The quantitative estimate of drug-likeness (QED) is 0.853. The van der Waals surface area contributed by atoms with Gasteiger partial charge in [-0.05, 0) is 31.0 Å². The van der Waals surface area contributed by atoms with Crippen LogP contribution in [0.2, 0.25) is 0 Å². The van der Waals surface area contributed by atoms with Crippen LogP contribution >= 0.6 is 0 Å². The lowest BCUT2D eigenvalue weighted by atomic mass is 9.89. The fourth-order valence-corrected chi connectivity index (χ4v) is 4.27. The third-order valence-electron chi connectivity index (χ3n) is 5.95. The monoisotopic (exact) mass is 352 g/mol. The molecule has 2 aliphatic heterocycles. The number of imidazole rings is 1. The van der Waals surface area contributed by atoms with E-state index in [4.69, 9.17) is 0 Å². The van der Waals surface area contributed by atoms with Gasteiger partial charge in [0, 0.05) is 51.3 Å². The minimum Gasteiger partial charge on any atom is -0.335 e. The van der Waals surface area contributed by atoms with E-state index in [9.17, 15) is 4.79 Å². The van der Waals surface area contributed by atoms with Gasteiger partial charge < -0.3 is 14.4 Å². The maximum Gasteiger partial charge on any atom is 0.274 e. The second-order valence-corrected chi connectivity index (χ2v) is 7.51. The van der Waals surface area contributed by atoms with Crippen LogP contribution < -0.4 is 0 Å². The Balaban J connectivity index is 1.48. The zero-order valence-electron chi connectivity index (χ0n) is 15.8. The third kappa shape index (κ3) is 3.28. The standard InChI is InChI=1S/C21H28N4O/c1-3-23-10-12-24(13-11-23)21(26)19-15-25-14-17(8-9-20(25)22-19)18-7-5-4-6-16(18)2/h4-7,15,17H,3,8-14H2,1-2H3. The molecule has 0 bridgehead atoms. The molecule has 0 aliphatic carbocycles. The highest BCUT2D eigenvalue weighted by Gasteiger charge is 2.27. The number of aryl methyl sites for hydroxylation is 2. The van der Waals surface area contributed by atoms with E-state index in [0.717, 1.165) is 57.9 Å². The fraction of sp³-hybridized carbons (Fsp3) is 0.524. The van der Waals surface area contributed by atoms with Gasteiger partial charge in [-0.2, -0.15) is 0 Å². The number of piperazine rings is 1. The van der Waals surface area contributed by atoms with Crippen LogP contribution in [-0.2, 0) is 13.0 Å². The Bertz CT molecular complexity index is 789. The molecule has 0 saturated carbocycles. The Labute approximate surface area is 155 Å². The molecule has 2 aromatic rings. The minimum atomic E-state index is 0.0927. The van der Waals surface area contributed by atoms with Crippen LogP contribution in [-0.4, -0.2) is 58.0 Å². The summed E-state index contributed by atoms with van der Waals surface area (Å²) in [6.45, 7) is 9.87. The molecule has 4 rings (SSSR count). The van der Waals surface area contributed by atoms with E-state index < -0.39 is 0 Å². The molecule has 1 saturated heterocycles. The molecule has 1 unspecified atom stereocenters. The summed E-state index contributed by atoms with van der Waals surface area (Å²) in [7, 11) is 0. The SMILES string of the molecule is CCN1CCN(C(=O)c2cn3c(n2)CCC(c2ccccc2C)C3)CC1.